The van der Waals surface area contributed by atoms with Crippen LogP contribution >= 0.6 is 0 Å². The molecule has 0 unspecified atom stereocenters. The van der Waals surface area contributed by atoms with Gasteiger partial charge in [-0.3, -0.25) is 9.78 Å². The van der Waals surface area contributed by atoms with Gasteiger partial charge in [0.2, 0.25) is 0 Å². The molecule has 0 aliphatic carbocycles. The number of nitrogens with zero attached hydrogens (tertiary/aromatic N) is 5. The predicted molar refractivity (Wildman–Crippen MR) is 119 cm³/mol. The van der Waals surface area contributed by atoms with Gasteiger partial charge in [-0.1, -0.05) is 0 Å². The number of hydrogen-bond donors (Lipinski definition) is 2. The molecule has 0 amide bonds. The summed E-state index contributed by atoms with van der Waals surface area (Å²) in [5, 5.41) is 10.2. The summed E-state index contributed by atoms with van der Waals surface area (Å²) in [5.74, 6) is 1.13. The first-order valence-electron chi connectivity index (χ1n) is 10.1. The van der Waals surface area contributed by atoms with Crippen LogP contribution in [0.3, 0.4) is 0 Å². The van der Waals surface area contributed by atoms with E-state index in [9.17, 15) is 8.42 Å². The Morgan fingerprint density at radius 3 is 2.72 bits per heavy atom. The van der Waals surface area contributed by atoms with Gasteiger partial charge in [0.05, 0.1) is 23.9 Å². The van der Waals surface area contributed by atoms with Crippen molar-refractivity contribution in [2.45, 2.75) is 4.90 Å². The van der Waals surface area contributed by atoms with Crippen LogP contribution in [0.4, 0.5) is 11.5 Å². The molecule has 0 spiro atoms. The van der Waals surface area contributed by atoms with Crippen molar-refractivity contribution < 1.29 is 23.1 Å². The van der Waals surface area contributed by atoms with Crippen LogP contribution in [0, 0.1) is 0 Å². The van der Waals surface area contributed by atoms with E-state index in [1.54, 1.807) is 30.6 Å². The monoisotopic (exact) mass is 460 g/mol. The van der Waals surface area contributed by atoms with Gasteiger partial charge >= 0.3 is 0 Å². The maximum atomic E-state index is 13.5. The van der Waals surface area contributed by atoms with E-state index in [-0.39, 0.29) is 11.4 Å². The molecule has 2 aliphatic heterocycles. The summed E-state index contributed by atoms with van der Waals surface area (Å²) < 4.78 is 34.0. The molecule has 1 fully saturated rings. The van der Waals surface area contributed by atoms with Gasteiger partial charge in [-0.15, -0.1) is 0 Å². The largest absolute Gasteiger partial charge is 0.488 e. The predicted octanol–water partition coefficient (Wildman–Crippen LogP) is 0.607. The molecule has 12 heteroatoms. The van der Waals surface area contributed by atoms with Crippen LogP contribution in [0.2, 0.25) is 0 Å². The highest BCUT2D eigenvalue weighted by molar-refractivity contribution is 7.90. The van der Waals surface area contributed by atoms with Crippen molar-refractivity contribution >= 4 is 39.0 Å². The number of piperazine rings is 1. The van der Waals surface area contributed by atoms with Gasteiger partial charge < -0.3 is 25.0 Å². The molecular weight excluding hydrogens is 436 g/mol. The number of aromatic nitrogens is 3. The molecule has 5 heterocycles. The van der Waals surface area contributed by atoms with Crippen molar-refractivity contribution in [3.8, 4) is 5.75 Å². The summed E-state index contributed by atoms with van der Waals surface area (Å²) in [7, 11) is -1.95. The smallest absolute Gasteiger partial charge is 0.290 e. The Balaban J connectivity index is 0.000000775. The first-order valence-corrected chi connectivity index (χ1v) is 11.5. The van der Waals surface area contributed by atoms with E-state index < -0.39 is 10.0 Å². The topological polar surface area (TPSA) is 130 Å². The zero-order valence-electron chi connectivity index (χ0n) is 17.5. The molecule has 0 atom stereocenters. The molecule has 3 aromatic rings. The zero-order valence-corrected chi connectivity index (χ0v) is 18.3. The Bertz CT molecular complexity index is 1220. The van der Waals surface area contributed by atoms with Crippen LogP contribution in [0.15, 0.2) is 41.7 Å². The van der Waals surface area contributed by atoms with E-state index in [0.717, 1.165) is 31.9 Å². The maximum Gasteiger partial charge on any atom is 0.290 e. The lowest BCUT2D eigenvalue weighted by atomic mass is 10.3. The van der Waals surface area contributed by atoms with Crippen LogP contribution in [0.25, 0.3) is 11.0 Å². The van der Waals surface area contributed by atoms with Crippen LogP contribution in [0.5, 0.6) is 5.75 Å². The number of hydrogen-bond acceptors (Lipinski definition) is 9. The van der Waals surface area contributed by atoms with E-state index in [1.165, 1.54) is 10.2 Å². The van der Waals surface area contributed by atoms with E-state index >= 15 is 0 Å². The van der Waals surface area contributed by atoms with Gasteiger partial charge in [0, 0.05) is 51.7 Å². The number of nitrogens with one attached hydrogen (secondary N) is 1. The molecule has 0 aromatic carbocycles. The number of carboxylic acid groups (broad SMARTS) is 1. The highest BCUT2D eigenvalue weighted by Crippen LogP contribution is 2.34. The third-order valence-electron chi connectivity index (χ3n) is 5.37. The number of anilines is 2. The van der Waals surface area contributed by atoms with Gasteiger partial charge in [-0.2, -0.15) is 0 Å². The molecule has 3 aromatic heterocycles. The summed E-state index contributed by atoms with van der Waals surface area (Å²) in [5.41, 5.74) is 2.06. The molecule has 0 bridgehead atoms. The SMILES string of the molecule is CN1CCOc2cc(S(=O)(=O)n3cc(N4CCNCC4)c4ncccc43)cnc21.O=CO. The van der Waals surface area contributed by atoms with Crippen molar-refractivity contribution in [3.05, 3.63) is 36.8 Å². The molecule has 11 nitrogen and oxygen atoms in total. The number of pyridine rings is 2. The standard InChI is InChI=1S/C19H22N6O3S.CH2O2/c1-23-9-10-28-17-11-14(12-22-19(17)23)29(26,27)25-13-16(24-7-5-20-6-8-24)18-15(25)3-2-4-21-18;2-1-3/h2-4,11-13,20H,5-10H2,1H3;1H,(H,2,3). The number of carbonyl (C=O) groups is 1. The minimum absolute atomic E-state index is 0.0964. The average Bonchev–Trinajstić information content (AvgIpc) is 3.21. The Morgan fingerprint density at radius 2 is 1.97 bits per heavy atom. The van der Waals surface area contributed by atoms with E-state index in [2.05, 4.69) is 20.2 Å². The first-order chi connectivity index (χ1) is 15.5. The van der Waals surface area contributed by atoms with Crippen molar-refractivity contribution in [2.24, 2.45) is 0 Å². The highest BCUT2D eigenvalue weighted by Gasteiger charge is 2.27. The quantitative estimate of drug-likeness (QED) is 0.536. The Labute approximate surface area is 185 Å². The Hall–Kier alpha value is -3.38. The second-order valence-electron chi connectivity index (χ2n) is 7.29. The van der Waals surface area contributed by atoms with Crippen LogP contribution in [0.1, 0.15) is 0 Å². The lowest BCUT2D eigenvalue weighted by Gasteiger charge is -2.28. The second-order valence-corrected chi connectivity index (χ2v) is 9.11. The van der Waals surface area contributed by atoms with Gasteiger partial charge in [0.15, 0.2) is 11.6 Å². The fraction of sp³-hybridized carbons (Fsp3) is 0.350. The first kappa shape index (κ1) is 21.8. The van der Waals surface area contributed by atoms with Crippen LogP contribution in [-0.4, -0.2) is 80.3 Å². The summed E-state index contributed by atoms with van der Waals surface area (Å²) in [4.78, 5) is 21.4. The van der Waals surface area contributed by atoms with Crippen LogP contribution in [-0.2, 0) is 14.8 Å². The summed E-state index contributed by atoms with van der Waals surface area (Å²) >= 11 is 0. The Morgan fingerprint density at radius 1 is 1.22 bits per heavy atom. The lowest BCUT2D eigenvalue weighted by molar-refractivity contribution is -0.122. The molecule has 0 radical (unpaired) electrons. The molecule has 5 rings (SSSR count). The normalized spacial score (nSPS) is 16.0. The van der Waals surface area contributed by atoms with Gasteiger partial charge in [-0.25, -0.2) is 17.4 Å². The maximum absolute atomic E-state index is 13.5. The molecule has 170 valence electrons. The van der Waals surface area contributed by atoms with Gasteiger partial charge in [0.1, 0.15) is 17.0 Å². The Kier molecular flexibility index (Phi) is 6.15. The summed E-state index contributed by atoms with van der Waals surface area (Å²) in [6, 6.07) is 5.08. The summed E-state index contributed by atoms with van der Waals surface area (Å²) in [6.45, 7) is 4.27. The number of ether oxygens (including phenoxy) is 1. The van der Waals surface area contributed by atoms with Crippen molar-refractivity contribution in [1.29, 1.82) is 0 Å². The fourth-order valence-corrected chi connectivity index (χ4v) is 5.13. The zero-order chi connectivity index (χ0) is 22.7. The van der Waals surface area contributed by atoms with Crippen molar-refractivity contribution in [2.75, 3.05) is 56.2 Å². The van der Waals surface area contributed by atoms with Gasteiger partial charge in [-0.05, 0) is 12.1 Å². The van der Waals surface area contributed by atoms with Crippen molar-refractivity contribution in [1.82, 2.24) is 19.3 Å². The van der Waals surface area contributed by atoms with E-state index in [4.69, 9.17) is 14.6 Å². The third kappa shape index (κ3) is 3.94. The average molecular weight is 461 g/mol. The van der Waals surface area contributed by atoms with E-state index in [1.807, 2.05) is 11.9 Å². The number of likely N-dealkylation sites (N-methyl/N-ethyl adjacent to an activating group) is 1. The van der Waals surface area contributed by atoms with Gasteiger partial charge in [0.25, 0.3) is 16.5 Å². The lowest BCUT2D eigenvalue weighted by Crippen LogP contribution is -2.43. The minimum Gasteiger partial charge on any atom is -0.488 e. The number of rotatable bonds is 3. The molecule has 0 saturated carbocycles. The molecular formula is C20H24N6O5S. The molecule has 2 N–H and O–H groups in total. The van der Waals surface area contributed by atoms with E-state index in [0.29, 0.717) is 35.8 Å². The minimum atomic E-state index is -3.86. The summed E-state index contributed by atoms with van der Waals surface area (Å²) in [6.07, 6.45) is 4.76. The fourth-order valence-electron chi connectivity index (χ4n) is 3.82. The third-order valence-corrected chi connectivity index (χ3v) is 7.01. The van der Waals surface area contributed by atoms with Crippen molar-refractivity contribution in [3.63, 3.8) is 0 Å². The number of fused-ring (bicyclic) bond motifs is 2. The van der Waals surface area contributed by atoms with Crippen LogP contribution < -0.4 is 19.9 Å². The second kappa shape index (κ2) is 9.01. The highest BCUT2D eigenvalue weighted by atomic mass is 32.2. The molecule has 1 saturated heterocycles. The molecule has 32 heavy (non-hydrogen) atoms. The molecule has 2 aliphatic rings.